The van der Waals surface area contributed by atoms with Crippen molar-refractivity contribution in [3.8, 4) is 0 Å². The van der Waals surface area contributed by atoms with Gasteiger partial charge in [-0.15, -0.1) is 0 Å². The molecule has 86 valence electrons. The third-order valence-electron chi connectivity index (χ3n) is 5.50. The van der Waals surface area contributed by atoms with E-state index in [1.165, 1.54) is 51.4 Å². The molecule has 0 aromatic carbocycles. The van der Waals surface area contributed by atoms with Crippen molar-refractivity contribution < 1.29 is 1.37 Å². The van der Waals surface area contributed by atoms with Gasteiger partial charge in [0, 0.05) is 1.37 Å². The minimum absolute atomic E-state index is 0.0946. The van der Waals surface area contributed by atoms with Crippen LogP contribution in [0.5, 0.6) is 0 Å². The molecule has 0 nitrogen and oxygen atoms in total. The van der Waals surface area contributed by atoms with Gasteiger partial charge in [0.25, 0.3) is 0 Å². The van der Waals surface area contributed by atoms with E-state index in [-0.39, 0.29) is 5.89 Å². The van der Waals surface area contributed by atoms with Crippen LogP contribution in [0.1, 0.15) is 66.1 Å². The Hall–Kier alpha value is 0. The first-order valence-electron chi connectivity index (χ1n) is 7.64. The largest absolute Gasteiger partial charge is 0.0625 e. The van der Waals surface area contributed by atoms with Crippen LogP contribution < -0.4 is 0 Å². The highest BCUT2D eigenvalue weighted by molar-refractivity contribution is 4.90. The summed E-state index contributed by atoms with van der Waals surface area (Å²) in [5, 5.41) is 0. The van der Waals surface area contributed by atoms with Gasteiger partial charge < -0.3 is 0 Å². The number of hydrogen-bond donors (Lipinski definition) is 0. The van der Waals surface area contributed by atoms with Crippen molar-refractivity contribution in [3.63, 3.8) is 0 Å². The molecule has 5 atom stereocenters. The van der Waals surface area contributed by atoms with Crippen LogP contribution >= 0.6 is 0 Å². The Morgan fingerprint density at radius 2 is 1.33 bits per heavy atom. The monoisotopic (exact) mass is 207 g/mol. The third kappa shape index (κ3) is 1.97. The second-order valence-electron chi connectivity index (χ2n) is 6.50. The summed E-state index contributed by atoms with van der Waals surface area (Å²) in [5.74, 6) is 3.94. The van der Waals surface area contributed by atoms with Crippen molar-refractivity contribution in [3.05, 3.63) is 0 Å². The van der Waals surface area contributed by atoms with Crippen molar-refractivity contribution in [1.82, 2.24) is 0 Å². The molecule has 4 unspecified atom stereocenters. The van der Waals surface area contributed by atoms with Gasteiger partial charge in [-0.3, -0.25) is 0 Å². The zero-order valence-electron chi connectivity index (χ0n) is 11.2. The predicted molar refractivity (Wildman–Crippen MR) is 64.7 cm³/mol. The highest BCUT2D eigenvalue weighted by atomic mass is 14.4. The molecule has 3 aliphatic rings. The van der Waals surface area contributed by atoms with Gasteiger partial charge >= 0.3 is 0 Å². The van der Waals surface area contributed by atoms with E-state index in [0.29, 0.717) is 0 Å². The van der Waals surface area contributed by atoms with Gasteiger partial charge in [0.05, 0.1) is 0 Å². The molecule has 0 N–H and O–H groups in total. The summed E-state index contributed by atoms with van der Waals surface area (Å²) in [4.78, 5) is 0. The summed E-state index contributed by atoms with van der Waals surface area (Å²) in [6.07, 6.45) is 12.7. The molecule has 0 heteroatoms. The molecule has 0 aliphatic heterocycles. The predicted octanol–water partition coefficient (Wildman–Crippen LogP) is 4.64. The Bertz CT molecular complexity index is 258. The summed E-state index contributed by atoms with van der Waals surface area (Å²) in [6, 6.07) is 0. The van der Waals surface area contributed by atoms with Crippen molar-refractivity contribution in [2.75, 3.05) is 0 Å². The number of hydrogen-bond acceptors (Lipinski definition) is 0. The first-order valence-corrected chi connectivity index (χ1v) is 7.14. The van der Waals surface area contributed by atoms with E-state index >= 15 is 0 Å². The topological polar surface area (TPSA) is 0 Å². The van der Waals surface area contributed by atoms with E-state index < -0.39 is 0 Å². The summed E-state index contributed by atoms with van der Waals surface area (Å²) in [6.45, 7) is 2.16. The van der Waals surface area contributed by atoms with Crippen LogP contribution in [0, 0.1) is 29.6 Å². The molecule has 0 aromatic heterocycles. The molecule has 0 aromatic rings. The van der Waals surface area contributed by atoms with E-state index in [4.69, 9.17) is 1.37 Å². The van der Waals surface area contributed by atoms with E-state index in [1.54, 1.807) is 0 Å². The summed E-state index contributed by atoms with van der Waals surface area (Å²) >= 11 is 0. The first-order chi connectivity index (χ1) is 7.64. The lowest BCUT2D eigenvalue weighted by atomic mass is 9.59. The van der Waals surface area contributed by atoms with Crippen LogP contribution in [0.4, 0.5) is 0 Å². The molecule has 3 fully saturated rings. The van der Waals surface area contributed by atoms with Gasteiger partial charge in [0.15, 0.2) is 0 Å². The minimum Gasteiger partial charge on any atom is -0.0625 e. The quantitative estimate of drug-likeness (QED) is 0.543. The Morgan fingerprint density at radius 1 is 0.733 bits per heavy atom. The Balaban J connectivity index is 1.69. The van der Waals surface area contributed by atoms with Crippen LogP contribution in [-0.2, 0) is 0 Å². The SMILES string of the molecule is [2H][C@@]1(C)CCC2CC3CCCCC3CC2C1. The fourth-order valence-corrected chi connectivity index (χ4v) is 4.65. The lowest BCUT2D eigenvalue weighted by Crippen LogP contribution is -2.36. The maximum Gasteiger partial charge on any atom is 0.0300 e. The van der Waals surface area contributed by atoms with Crippen LogP contribution in [-0.4, -0.2) is 0 Å². The molecule has 3 rings (SSSR count). The highest BCUT2D eigenvalue weighted by Gasteiger charge is 2.39. The smallest absolute Gasteiger partial charge is 0.0300 e. The molecule has 0 spiro atoms. The Labute approximate surface area is 96.2 Å². The second-order valence-corrected chi connectivity index (χ2v) is 6.50. The van der Waals surface area contributed by atoms with E-state index in [9.17, 15) is 0 Å². The standard InChI is InChI=1S/C15H26/c1-11-6-7-14-9-12-4-2-3-5-13(12)10-15(14)8-11/h11-15H,2-10H2,1H3/t11-,12?,13?,14?,15?/m1/s1/i11D. The molecule has 3 aliphatic carbocycles. The molecule has 0 amide bonds. The molecule has 15 heavy (non-hydrogen) atoms. The number of rotatable bonds is 0. The summed E-state index contributed by atoms with van der Waals surface area (Å²) < 4.78 is 8.28. The average molecular weight is 207 g/mol. The van der Waals surface area contributed by atoms with Gasteiger partial charge in [0.2, 0.25) is 0 Å². The van der Waals surface area contributed by atoms with Gasteiger partial charge in [-0.2, -0.15) is 0 Å². The molecule has 0 radical (unpaired) electrons. The summed E-state index contributed by atoms with van der Waals surface area (Å²) in [5.41, 5.74) is 0. The molecular weight excluding hydrogens is 180 g/mol. The fraction of sp³-hybridized carbons (Fsp3) is 1.00. The molecule has 3 saturated carbocycles. The van der Waals surface area contributed by atoms with Crippen LogP contribution in [0.15, 0.2) is 0 Å². The van der Waals surface area contributed by atoms with Crippen molar-refractivity contribution >= 4 is 0 Å². The normalized spacial score (nSPS) is 56.5. The van der Waals surface area contributed by atoms with Crippen LogP contribution in [0.25, 0.3) is 0 Å². The van der Waals surface area contributed by atoms with Crippen LogP contribution in [0.2, 0.25) is 0 Å². The molecule has 0 saturated heterocycles. The Morgan fingerprint density at radius 3 is 2.07 bits per heavy atom. The third-order valence-corrected chi connectivity index (χ3v) is 5.50. The van der Waals surface area contributed by atoms with Crippen molar-refractivity contribution in [1.29, 1.82) is 0 Å². The van der Waals surface area contributed by atoms with Gasteiger partial charge in [-0.05, 0) is 55.2 Å². The van der Waals surface area contributed by atoms with E-state index in [0.717, 1.165) is 30.1 Å². The lowest BCUT2D eigenvalue weighted by Gasteiger charge is -2.47. The second kappa shape index (κ2) is 4.11. The minimum atomic E-state index is -0.0946. The highest BCUT2D eigenvalue weighted by Crippen LogP contribution is 2.50. The molecular formula is C15H26. The molecule has 0 heterocycles. The van der Waals surface area contributed by atoms with Gasteiger partial charge in [-0.25, -0.2) is 0 Å². The van der Waals surface area contributed by atoms with Crippen LogP contribution in [0.3, 0.4) is 0 Å². The fourth-order valence-electron chi connectivity index (χ4n) is 4.65. The number of fused-ring (bicyclic) bond motifs is 2. The zero-order chi connectivity index (χ0) is 11.2. The lowest BCUT2D eigenvalue weighted by molar-refractivity contribution is 0.0377. The van der Waals surface area contributed by atoms with Gasteiger partial charge in [0.1, 0.15) is 0 Å². The Kier molecular flexibility index (Phi) is 2.48. The zero-order valence-corrected chi connectivity index (χ0v) is 10.2. The summed E-state index contributed by atoms with van der Waals surface area (Å²) in [7, 11) is 0. The van der Waals surface area contributed by atoms with Crippen molar-refractivity contribution in [2.24, 2.45) is 29.6 Å². The van der Waals surface area contributed by atoms with Gasteiger partial charge in [-0.1, -0.05) is 39.0 Å². The average Bonchev–Trinajstić information content (AvgIpc) is 2.25. The maximum atomic E-state index is 8.28. The van der Waals surface area contributed by atoms with E-state index in [2.05, 4.69) is 6.92 Å². The molecule has 0 bridgehead atoms. The van der Waals surface area contributed by atoms with E-state index in [1.807, 2.05) is 0 Å². The first kappa shape index (κ1) is 9.07. The van der Waals surface area contributed by atoms with Crippen molar-refractivity contribution in [2.45, 2.75) is 64.7 Å². The maximum absolute atomic E-state index is 8.28.